The minimum atomic E-state index is 0.0548. The summed E-state index contributed by atoms with van der Waals surface area (Å²) in [5.41, 5.74) is 8.11. The molecule has 2 N–H and O–H groups in total. The highest BCUT2D eigenvalue weighted by molar-refractivity contribution is 5.95. The summed E-state index contributed by atoms with van der Waals surface area (Å²) in [4.78, 5) is 14.3. The molecule has 0 spiro atoms. The van der Waals surface area contributed by atoms with Gasteiger partial charge in [0, 0.05) is 24.7 Å². The van der Waals surface area contributed by atoms with Crippen molar-refractivity contribution in [3.8, 4) is 0 Å². The fraction of sp³-hybridized carbons (Fsp3) is 0.533. The number of hydrogen-bond donors (Lipinski definition) is 1. The number of carbonyl (C=O) groups is 1. The highest BCUT2D eigenvalue weighted by atomic mass is 16.2. The molecule has 0 bridgehead atoms. The Hall–Kier alpha value is -1.35. The quantitative estimate of drug-likeness (QED) is 0.825. The number of rotatable bonds is 1. The summed E-state index contributed by atoms with van der Waals surface area (Å²) in [7, 11) is 0. The average Bonchev–Trinajstić information content (AvgIpc) is 2.32. The Labute approximate surface area is 109 Å². The first kappa shape index (κ1) is 13.1. The van der Waals surface area contributed by atoms with Crippen LogP contribution >= 0.6 is 0 Å². The lowest BCUT2D eigenvalue weighted by atomic mass is 9.78. The summed E-state index contributed by atoms with van der Waals surface area (Å²) < 4.78 is 0. The smallest absolute Gasteiger partial charge is 0.254 e. The summed E-state index contributed by atoms with van der Waals surface area (Å²) in [5.74, 6) is 0.110. The standard InChI is InChI=1S/C15H22N2O/c1-11-6-4-5-7-12(11)14(18)17-9-8-15(2,3)13(16)10-17/h4-7,13H,8-10,16H2,1-3H3. The van der Waals surface area contributed by atoms with Gasteiger partial charge in [0.25, 0.3) is 5.91 Å². The molecule has 1 atom stereocenters. The monoisotopic (exact) mass is 246 g/mol. The molecule has 1 aromatic carbocycles. The number of hydrogen-bond acceptors (Lipinski definition) is 2. The molecule has 0 radical (unpaired) electrons. The van der Waals surface area contributed by atoms with E-state index in [-0.39, 0.29) is 17.4 Å². The second kappa shape index (κ2) is 4.73. The number of benzene rings is 1. The molecule has 3 heteroatoms. The lowest BCUT2D eigenvalue weighted by Gasteiger charge is -2.42. The third-order valence-corrected chi connectivity index (χ3v) is 4.11. The van der Waals surface area contributed by atoms with Crippen LogP contribution in [0.15, 0.2) is 24.3 Å². The number of carbonyl (C=O) groups excluding carboxylic acids is 1. The van der Waals surface area contributed by atoms with Crippen LogP contribution in [0.2, 0.25) is 0 Å². The van der Waals surface area contributed by atoms with Crippen molar-refractivity contribution in [3.05, 3.63) is 35.4 Å². The van der Waals surface area contributed by atoms with E-state index >= 15 is 0 Å². The molecule has 1 aliphatic heterocycles. The van der Waals surface area contributed by atoms with Gasteiger partial charge in [-0.3, -0.25) is 4.79 Å². The third-order valence-electron chi connectivity index (χ3n) is 4.11. The molecule has 2 rings (SSSR count). The molecule has 1 fully saturated rings. The van der Waals surface area contributed by atoms with Crippen LogP contribution in [-0.2, 0) is 0 Å². The Kier molecular flexibility index (Phi) is 3.44. The van der Waals surface area contributed by atoms with Gasteiger partial charge in [0.1, 0.15) is 0 Å². The fourth-order valence-corrected chi connectivity index (χ4v) is 2.35. The zero-order valence-corrected chi connectivity index (χ0v) is 11.4. The van der Waals surface area contributed by atoms with Gasteiger partial charge in [-0.15, -0.1) is 0 Å². The maximum atomic E-state index is 12.4. The Morgan fingerprint density at radius 2 is 2.06 bits per heavy atom. The largest absolute Gasteiger partial charge is 0.337 e. The van der Waals surface area contributed by atoms with Gasteiger partial charge in [0.05, 0.1) is 0 Å². The van der Waals surface area contributed by atoms with Crippen LogP contribution < -0.4 is 5.73 Å². The second-order valence-electron chi connectivity index (χ2n) is 5.91. The van der Waals surface area contributed by atoms with Crippen molar-refractivity contribution in [1.29, 1.82) is 0 Å². The van der Waals surface area contributed by atoms with Crippen molar-refractivity contribution in [1.82, 2.24) is 4.90 Å². The number of piperidine rings is 1. The summed E-state index contributed by atoms with van der Waals surface area (Å²) >= 11 is 0. The maximum Gasteiger partial charge on any atom is 0.254 e. The topological polar surface area (TPSA) is 46.3 Å². The summed E-state index contributed by atoms with van der Waals surface area (Å²) in [6.07, 6.45) is 0.964. The first-order valence-electron chi connectivity index (χ1n) is 6.52. The lowest BCUT2D eigenvalue weighted by molar-refractivity contribution is 0.0575. The zero-order valence-electron chi connectivity index (χ0n) is 11.4. The molecule has 0 aromatic heterocycles. The Morgan fingerprint density at radius 3 is 2.67 bits per heavy atom. The molecule has 0 aliphatic carbocycles. The van der Waals surface area contributed by atoms with Crippen molar-refractivity contribution >= 4 is 5.91 Å². The molecule has 98 valence electrons. The van der Waals surface area contributed by atoms with Crippen molar-refractivity contribution in [2.75, 3.05) is 13.1 Å². The average molecular weight is 246 g/mol. The van der Waals surface area contributed by atoms with Gasteiger partial charge in [-0.2, -0.15) is 0 Å². The molecule has 1 amide bonds. The Balaban J connectivity index is 2.15. The van der Waals surface area contributed by atoms with Crippen LogP contribution in [0.5, 0.6) is 0 Å². The molecular weight excluding hydrogens is 224 g/mol. The van der Waals surface area contributed by atoms with Gasteiger partial charge >= 0.3 is 0 Å². The van der Waals surface area contributed by atoms with E-state index in [1.807, 2.05) is 36.1 Å². The third kappa shape index (κ3) is 2.41. The van der Waals surface area contributed by atoms with E-state index in [4.69, 9.17) is 5.73 Å². The van der Waals surface area contributed by atoms with Crippen molar-refractivity contribution < 1.29 is 4.79 Å². The molecule has 1 unspecified atom stereocenters. The van der Waals surface area contributed by atoms with Crippen LogP contribution in [0, 0.1) is 12.3 Å². The minimum Gasteiger partial charge on any atom is -0.337 e. The lowest BCUT2D eigenvalue weighted by Crippen LogP contribution is -2.54. The van der Waals surface area contributed by atoms with Gasteiger partial charge in [-0.25, -0.2) is 0 Å². The van der Waals surface area contributed by atoms with Crippen LogP contribution in [0.4, 0.5) is 0 Å². The van der Waals surface area contributed by atoms with Gasteiger partial charge in [-0.05, 0) is 30.4 Å². The Morgan fingerprint density at radius 1 is 1.39 bits per heavy atom. The van der Waals surface area contributed by atoms with Crippen molar-refractivity contribution in [3.63, 3.8) is 0 Å². The predicted molar refractivity (Wildman–Crippen MR) is 73.5 cm³/mol. The number of nitrogens with zero attached hydrogens (tertiary/aromatic N) is 1. The SMILES string of the molecule is Cc1ccccc1C(=O)N1CCC(C)(C)C(N)C1. The number of nitrogens with two attached hydrogens (primary N) is 1. The summed E-state index contributed by atoms with van der Waals surface area (Å²) in [5, 5.41) is 0. The van der Waals surface area contributed by atoms with Gasteiger partial charge in [-0.1, -0.05) is 32.0 Å². The molecule has 1 aliphatic rings. The van der Waals surface area contributed by atoms with Crippen LogP contribution in [0.25, 0.3) is 0 Å². The number of aryl methyl sites for hydroxylation is 1. The van der Waals surface area contributed by atoms with Crippen LogP contribution in [0.1, 0.15) is 36.2 Å². The molecule has 18 heavy (non-hydrogen) atoms. The highest BCUT2D eigenvalue weighted by Crippen LogP contribution is 2.29. The van der Waals surface area contributed by atoms with Crippen LogP contribution in [-0.4, -0.2) is 29.9 Å². The first-order chi connectivity index (χ1) is 8.42. The van der Waals surface area contributed by atoms with Crippen molar-refractivity contribution in [2.45, 2.75) is 33.2 Å². The van der Waals surface area contributed by atoms with E-state index in [1.54, 1.807) is 0 Å². The predicted octanol–water partition coefficient (Wildman–Crippen LogP) is 2.19. The van der Waals surface area contributed by atoms with Gasteiger partial charge in [0.15, 0.2) is 0 Å². The fourth-order valence-electron chi connectivity index (χ4n) is 2.35. The van der Waals surface area contributed by atoms with Gasteiger partial charge in [0.2, 0.25) is 0 Å². The number of likely N-dealkylation sites (tertiary alicyclic amines) is 1. The van der Waals surface area contributed by atoms with E-state index in [9.17, 15) is 4.79 Å². The van der Waals surface area contributed by atoms with Crippen molar-refractivity contribution in [2.24, 2.45) is 11.1 Å². The van der Waals surface area contributed by atoms with Crippen LogP contribution in [0.3, 0.4) is 0 Å². The van der Waals surface area contributed by atoms with E-state index < -0.39 is 0 Å². The zero-order chi connectivity index (χ0) is 13.3. The molecule has 3 nitrogen and oxygen atoms in total. The first-order valence-corrected chi connectivity index (χ1v) is 6.52. The molecule has 1 aromatic rings. The minimum absolute atomic E-state index is 0.0548. The highest BCUT2D eigenvalue weighted by Gasteiger charge is 2.35. The summed E-state index contributed by atoms with van der Waals surface area (Å²) in [6.45, 7) is 7.77. The maximum absolute atomic E-state index is 12.4. The Bertz CT molecular complexity index is 454. The molecule has 0 saturated carbocycles. The molecular formula is C15H22N2O. The molecule has 1 saturated heterocycles. The number of amides is 1. The van der Waals surface area contributed by atoms with E-state index in [0.29, 0.717) is 6.54 Å². The normalized spacial score (nSPS) is 22.9. The second-order valence-corrected chi connectivity index (χ2v) is 5.91. The van der Waals surface area contributed by atoms with E-state index in [1.165, 1.54) is 0 Å². The van der Waals surface area contributed by atoms with E-state index in [2.05, 4.69) is 13.8 Å². The summed E-state index contributed by atoms with van der Waals surface area (Å²) in [6, 6.07) is 7.79. The van der Waals surface area contributed by atoms with E-state index in [0.717, 1.165) is 24.1 Å². The van der Waals surface area contributed by atoms with Gasteiger partial charge < -0.3 is 10.6 Å². The molecule has 1 heterocycles.